The number of amides is 3. The number of aliphatic hydroxyl groups is 1. The van der Waals surface area contributed by atoms with Crippen LogP contribution in [0.15, 0.2) is 30.4 Å². The third-order valence-electron chi connectivity index (χ3n) is 11.0. The van der Waals surface area contributed by atoms with Crippen LogP contribution in [-0.2, 0) is 35.6 Å². The van der Waals surface area contributed by atoms with E-state index >= 15 is 0 Å². The van der Waals surface area contributed by atoms with Crippen LogP contribution >= 0.6 is 0 Å². The Morgan fingerprint density at radius 2 is 1.80 bits per heavy atom. The number of carbonyl (C=O) groups excluding carboxylic acids is 4. The largest absolute Gasteiger partial charge is 0.497 e. The van der Waals surface area contributed by atoms with Crippen molar-refractivity contribution in [3.8, 4) is 11.5 Å². The molecule has 16 heteroatoms. The number of benzene rings is 1. The van der Waals surface area contributed by atoms with Crippen molar-refractivity contribution in [2.45, 2.75) is 133 Å². The van der Waals surface area contributed by atoms with E-state index in [0.717, 1.165) is 25.7 Å². The number of halogens is 3. The van der Waals surface area contributed by atoms with Crippen LogP contribution in [0.4, 0.5) is 18.0 Å². The first kappa shape index (κ1) is 41.0. The molecule has 2 aromatic rings. The number of methoxy groups -OCH3 is 1. The lowest BCUT2D eigenvalue weighted by molar-refractivity contribution is -0.155. The number of nitrogens with zero attached hydrogens (tertiary/aromatic N) is 2. The number of ether oxygens (including phenoxy) is 4. The van der Waals surface area contributed by atoms with Crippen LogP contribution in [0.25, 0.3) is 10.9 Å². The summed E-state index contributed by atoms with van der Waals surface area (Å²) in [4.78, 5) is 61.1. The molecule has 0 bridgehead atoms. The maximum Gasteiger partial charge on any atom is 0.437 e. The van der Waals surface area contributed by atoms with Crippen molar-refractivity contribution in [2.75, 3.05) is 20.3 Å². The first-order chi connectivity index (χ1) is 26.2. The van der Waals surface area contributed by atoms with Gasteiger partial charge in [0, 0.05) is 29.7 Å². The number of nitrogens with one attached hydrogen (secondary N) is 2. The van der Waals surface area contributed by atoms with Crippen LogP contribution in [0, 0.1) is 5.92 Å². The molecule has 13 nitrogen and oxygen atoms in total. The molecule has 6 atom stereocenters. The summed E-state index contributed by atoms with van der Waals surface area (Å²) in [5, 5.41) is 17.9. The summed E-state index contributed by atoms with van der Waals surface area (Å²) < 4.78 is 67.1. The molecule has 2 saturated heterocycles. The Hall–Kier alpha value is -4.60. The van der Waals surface area contributed by atoms with Gasteiger partial charge >= 0.3 is 18.2 Å². The molecule has 4 aliphatic rings. The van der Waals surface area contributed by atoms with Crippen LogP contribution in [0.5, 0.6) is 11.5 Å². The summed E-state index contributed by atoms with van der Waals surface area (Å²) in [5.41, 5.74) is -7.77. The minimum absolute atomic E-state index is 0.0463. The van der Waals surface area contributed by atoms with Crippen LogP contribution in [0.3, 0.4) is 0 Å². The number of rotatable bonds is 4. The Labute approximate surface area is 323 Å². The average Bonchev–Trinajstić information content (AvgIpc) is 3.45. The van der Waals surface area contributed by atoms with E-state index in [1.807, 2.05) is 6.08 Å². The van der Waals surface area contributed by atoms with Crippen molar-refractivity contribution in [3.63, 3.8) is 0 Å². The van der Waals surface area contributed by atoms with Crippen LogP contribution < -0.4 is 20.1 Å². The quantitative estimate of drug-likeness (QED) is 0.254. The highest BCUT2D eigenvalue weighted by atomic mass is 19.4. The van der Waals surface area contributed by atoms with E-state index in [9.17, 15) is 37.5 Å². The molecule has 6 unspecified atom stereocenters. The van der Waals surface area contributed by atoms with E-state index in [-0.39, 0.29) is 42.3 Å². The fourth-order valence-corrected chi connectivity index (χ4v) is 8.60. The summed E-state index contributed by atoms with van der Waals surface area (Å²) in [6.07, 6.45) is 1.24. The molecule has 1 aromatic heterocycles. The van der Waals surface area contributed by atoms with Crippen molar-refractivity contribution in [1.82, 2.24) is 20.5 Å². The number of pyridine rings is 1. The topological polar surface area (TPSA) is 166 Å². The van der Waals surface area contributed by atoms with Crippen molar-refractivity contribution in [1.29, 1.82) is 0 Å². The van der Waals surface area contributed by atoms with E-state index in [2.05, 4.69) is 15.6 Å². The lowest BCUT2D eigenvalue weighted by atomic mass is 9.71. The van der Waals surface area contributed by atoms with Gasteiger partial charge in [-0.1, -0.05) is 44.3 Å². The molecule has 1 aliphatic carbocycles. The number of fused-ring (bicyclic) bond motifs is 5. The highest BCUT2D eigenvalue weighted by Gasteiger charge is 2.60. The number of carbonyl (C=O) groups is 4. The zero-order valence-corrected chi connectivity index (χ0v) is 32.6. The lowest BCUT2D eigenvalue weighted by Gasteiger charge is -2.44. The minimum Gasteiger partial charge on any atom is -0.497 e. The highest BCUT2D eigenvalue weighted by Crippen LogP contribution is 2.54. The fraction of sp³-hybridized carbons (Fsp3) is 0.625. The van der Waals surface area contributed by atoms with Crippen LogP contribution in [-0.4, -0.2) is 88.0 Å². The number of alkyl halides is 3. The molecule has 4 heterocycles. The number of esters is 1. The average molecular weight is 789 g/mol. The Morgan fingerprint density at radius 3 is 2.43 bits per heavy atom. The second-order valence-corrected chi connectivity index (χ2v) is 16.6. The van der Waals surface area contributed by atoms with Gasteiger partial charge in [-0.3, -0.25) is 9.59 Å². The molecule has 1 spiro atoms. The molecule has 3 N–H and O–H groups in total. The van der Waals surface area contributed by atoms with Crippen molar-refractivity contribution >= 4 is 34.8 Å². The van der Waals surface area contributed by atoms with E-state index in [1.165, 1.54) is 37.1 Å². The van der Waals surface area contributed by atoms with Gasteiger partial charge < -0.3 is 39.6 Å². The predicted molar refractivity (Wildman–Crippen MR) is 197 cm³/mol. The summed E-state index contributed by atoms with van der Waals surface area (Å²) in [6.45, 7) is 7.63. The third-order valence-corrected chi connectivity index (χ3v) is 11.0. The Balaban J connectivity index is 1.46. The van der Waals surface area contributed by atoms with Crippen molar-refractivity contribution < 1.29 is 56.4 Å². The number of aromatic nitrogens is 1. The molecule has 0 radical (unpaired) electrons. The van der Waals surface area contributed by atoms with Gasteiger partial charge in [-0.15, -0.1) is 0 Å². The molecular formula is C40H51F3N4O9. The van der Waals surface area contributed by atoms with Crippen molar-refractivity contribution in [3.05, 3.63) is 41.6 Å². The molecule has 2 fully saturated rings. The summed E-state index contributed by atoms with van der Waals surface area (Å²) >= 11 is 0. The Morgan fingerprint density at radius 1 is 1.11 bits per heavy atom. The summed E-state index contributed by atoms with van der Waals surface area (Å²) in [6, 6.07) is 1.70. The Kier molecular flexibility index (Phi) is 11.0. The van der Waals surface area contributed by atoms with Crippen molar-refractivity contribution in [2.24, 2.45) is 5.92 Å². The monoisotopic (exact) mass is 788 g/mol. The van der Waals surface area contributed by atoms with Gasteiger partial charge in [-0.2, -0.15) is 13.2 Å². The zero-order chi connectivity index (χ0) is 40.8. The smallest absolute Gasteiger partial charge is 0.437 e. The maximum absolute atomic E-state index is 14.8. The lowest BCUT2D eigenvalue weighted by Crippen LogP contribution is -2.65. The number of hydrogen-bond donors (Lipinski definition) is 3. The molecule has 1 aromatic carbocycles. The minimum atomic E-state index is -5.03. The standard InChI is InChI=1S/C40H51F3N4O9/c1-7-54-34(50)39-18-17-23(39)13-11-9-8-10-12-14-27(45-35(51)56-36(2,3)4)33(49)47-22-38(20-28(47)32(48)46-39)21-37(5,52)29-25-19-24(53-6)15-16-26(25)44-31(30(29)55-38)40(41,42)43/h15-19,23,27-28,52H,7-14,20-22H2,1-6H3,(H,45,51)(H,46,48). The van der Waals surface area contributed by atoms with Crippen LogP contribution in [0.2, 0.25) is 0 Å². The molecule has 56 heavy (non-hydrogen) atoms. The van der Waals surface area contributed by atoms with E-state index in [1.54, 1.807) is 33.8 Å². The fourth-order valence-electron chi connectivity index (χ4n) is 8.60. The molecular weight excluding hydrogens is 737 g/mol. The SMILES string of the molecule is CCOC(=O)C12C=CC1CCCCCCCC(NC(=O)OC(C)(C)C)C(=O)N1CC3(CC1C(=O)N2)CC(C)(O)c1c(c(C(F)(F)F)nc2ccc(OC)cc12)O3. The third kappa shape index (κ3) is 7.98. The normalized spacial score (nSPS) is 29.8. The molecule has 3 amide bonds. The highest BCUT2D eigenvalue weighted by molar-refractivity contribution is 5.97. The van der Waals surface area contributed by atoms with Gasteiger partial charge in [0.2, 0.25) is 11.8 Å². The first-order valence-electron chi connectivity index (χ1n) is 19.2. The van der Waals surface area contributed by atoms with E-state index < -0.39 is 88.4 Å². The Bertz CT molecular complexity index is 1910. The van der Waals surface area contributed by atoms with Gasteiger partial charge in [-0.25, -0.2) is 14.6 Å². The van der Waals surface area contributed by atoms with Gasteiger partial charge in [0.05, 0.1) is 31.4 Å². The van der Waals surface area contributed by atoms with Gasteiger partial charge in [0.25, 0.3) is 0 Å². The summed E-state index contributed by atoms with van der Waals surface area (Å²) in [7, 11) is 1.40. The van der Waals surface area contributed by atoms with E-state index in [0.29, 0.717) is 18.6 Å². The molecule has 0 saturated carbocycles. The molecule has 306 valence electrons. The first-order valence-corrected chi connectivity index (χ1v) is 19.2. The second kappa shape index (κ2) is 15.1. The van der Waals surface area contributed by atoms with E-state index in [4.69, 9.17) is 18.9 Å². The number of hydrogen-bond acceptors (Lipinski definition) is 10. The molecule has 3 aliphatic heterocycles. The summed E-state index contributed by atoms with van der Waals surface area (Å²) in [5.74, 6) is -2.95. The maximum atomic E-state index is 14.8. The molecule has 6 rings (SSSR count). The van der Waals surface area contributed by atoms with Gasteiger partial charge in [0.15, 0.2) is 17.0 Å². The van der Waals surface area contributed by atoms with Gasteiger partial charge in [-0.05, 0) is 65.7 Å². The number of alkyl carbamates (subject to hydrolysis) is 1. The van der Waals surface area contributed by atoms with Crippen LogP contribution in [0.1, 0.15) is 104 Å². The predicted octanol–water partition coefficient (Wildman–Crippen LogP) is 5.83. The zero-order valence-electron chi connectivity index (χ0n) is 32.6. The second-order valence-electron chi connectivity index (χ2n) is 16.6. The van der Waals surface area contributed by atoms with Gasteiger partial charge in [0.1, 0.15) is 29.0 Å².